The number of ether oxygens (including phenoxy) is 3. The van der Waals surface area contributed by atoms with E-state index in [0.29, 0.717) is 59.1 Å². The molecule has 1 aromatic heterocycles. The Kier molecular flexibility index (Phi) is 9.47. The third kappa shape index (κ3) is 7.20. The van der Waals surface area contributed by atoms with E-state index in [1.54, 1.807) is 48.4 Å². The Morgan fingerprint density at radius 2 is 1.75 bits per heavy atom. The van der Waals surface area contributed by atoms with Crippen LogP contribution in [-0.4, -0.2) is 66.6 Å². The zero-order chi connectivity index (χ0) is 33.8. The number of amides is 3. The highest BCUT2D eigenvalue weighted by Gasteiger charge is 2.35. The number of H-pyrrole nitrogens is 1. The highest BCUT2D eigenvalue weighted by molar-refractivity contribution is 5.97. The van der Waals surface area contributed by atoms with Gasteiger partial charge >= 0.3 is 0 Å². The fourth-order valence-electron chi connectivity index (χ4n) is 6.04. The van der Waals surface area contributed by atoms with Crippen molar-refractivity contribution in [3.63, 3.8) is 0 Å². The van der Waals surface area contributed by atoms with Gasteiger partial charge in [-0.25, -0.2) is 0 Å². The molecular formula is C37H38N4O7. The Morgan fingerprint density at radius 1 is 0.938 bits per heavy atom. The molecule has 48 heavy (non-hydrogen) atoms. The van der Waals surface area contributed by atoms with E-state index in [2.05, 4.69) is 15.6 Å². The fourth-order valence-corrected chi connectivity index (χ4v) is 6.04. The highest BCUT2D eigenvalue weighted by atomic mass is 16.5. The molecule has 3 N–H and O–H groups in total. The summed E-state index contributed by atoms with van der Waals surface area (Å²) in [6.07, 6.45) is 0.0102. The van der Waals surface area contributed by atoms with Crippen LogP contribution in [0.3, 0.4) is 0 Å². The van der Waals surface area contributed by atoms with Crippen LogP contribution in [-0.2, 0) is 11.3 Å². The Hall–Kier alpha value is -5.58. The fraction of sp³-hybridized carbons (Fsp3) is 0.297. The third-order valence-corrected chi connectivity index (χ3v) is 8.59. The van der Waals surface area contributed by atoms with Crippen LogP contribution >= 0.6 is 0 Å². The molecule has 0 aliphatic carbocycles. The van der Waals surface area contributed by atoms with E-state index < -0.39 is 12.1 Å². The minimum absolute atomic E-state index is 0.0731. The molecule has 6 bridgehead atoms. The predicted octanol–water partition coefficient (Wildman–Crippen LogP) is 4.27. The first-order valence-electron chi connectivity index (χ1n) is 16.0. The molecule has 248 valence electrons. The minimum Gasteiger partial charge on any atom is -0.496 e. The lowest BCUT2D eigenvalue weighted by molar-refractivity contribution is -0.123. The van der Waals surface area contributed by atoms with Crippen molar-refractivity contribution in [3.8, 4) is 28.4 Å². The number of carbonyl (C=O) groups excluding carboxylic acids is 3. The first-order chi connectivity index (χ1) is 23.2. The van der Waals surface area contributed by atoms with Crippen LogP contribution in [0.25, 0.3) is 11.1 Å². The molecule has 11 nitrogen and oxygen atoms in total. The van der Waals surface area contributed by atoms with Crippen molar-refractivity contribution in [3.05, 3.63) is 112 Å². The molecule has 3 amide bonds. The number of aromatic nitrogens is 1. The van der Waals surface area contributed by atoms with Crippen molar-refractivity contribution in [1.82, 2.24) is 20.5 Å². The second-order valence-electron chi connectivity index (χ2n) is 12.2. The van der Waals surface area contributed by atoms with Gasteiger partial charge < -0.3 is 34.7 Å². The van der Waals surface area contributed by atoms with Gasteiger partial charge in [-0.1, -0.05) is 38.1 Å². The summed E-state index contributed by atoms with van der Waals surface area (Å²) < 4.78 is 17.8. The van der Waals surface area contributed by atoms with E-state index >= 15 is 0 Å². The number of likely N-dealkylation sites (tertiary alicyclic amines) is 1. The zero-order valence-corrected chi connectivity index (χ0v) is 27.1. The maximum Gasteiger partial charge on any atom is 0.258 e. The maximum atomic E-state index is 13.9. The second kappa shape index (κ2) is 14.0. The number of fused-ring (bicyclic) bond motifs is 7. The minimum atomic E-state index is -0.563. The Morgan fingerprint density at radius 3 is 2.52 bits per heavy atom. The van der Waals surface area contributed by atoms with Crippen molar-refractivity contribution < 1.29 is 28.6 Å². The molecule has 1 fully saturated rings. The lowest BCUT2D eigenvalue weighted by atomic mass is 9.97. The Balaban J connectivity index is 1.35. The third-order valence-electron chi connectivity index (χ3n) is 8.59. The normalized spacial score (nSPS) is 18.1. The maximum absolute atomic E-state index is 13.9. The van der Waals surface area contributed by atoms with E-state index in [0.717, 1.165) is 11.1 Å². The summed E-state index contributed by atoms with van der Waals surface area (Å²) in [5.74, 6) is 0.744. The summed E-state index contributed by atoms with van der Waals surface area (Å²) in [6, 6.07) is 22.1. The quantitative estimate of drug-likeness (QED) is 0.301. The van der Waals surface area contributed by atoms with E-state index in [-0.39, 0.29) is 42.4 Å². The number of carbonyl (C=O) groups is 3. The molecule has 3 aliphatic heterocycles. The molecule has 1 saturated heterocycles. The van der Waals surface area contributed by atoms with Gasteiger partial charge in [0.05, 0.1) is 18.7 Å². The summed E-state index contributed by atoms with van der Waals surface area (Å²) in [6.45, 7) is 4.58. The largest absolute Gasteiger partial charge is 0.496 e. The van der Waals surface area contributed by atoms with Crippen molar-refractivity contribution in [2.24, 2.45) is 0 Å². The number of hydrogen-bond donors (Lipinski definition) is 3. The van der Waals surface area contributed by atoms with Crippen molar-refractivity contribution >= 4 is 17.7 Å². The molecule has 2 atom stereocenters. The Labute approximate surface area is 278 Å². The average molecular weight is 651 g/mol. The summed E-state index contributed by atoms with van der Waals surface area (Å²) in [5, 5.41) is 6.02. The lowest BCUT2D eigenvalue weighted by Crippen LogP contribution is -2.58. The second-order valence-corrected chi connectivity index (χ2v) is 12.2. The van der Waals surface area contributed by atoms with E-state index in [4.69, 9.17) is 14.2 Å². The molecule has 0 unspecified atom stereocenters. The van der Waals surface area contributed by atoms with Gasteiger partial charge in [0.1, 0.15) is 23.4 Å². The van der Waals surface area contributed by atoms with Gasteiger partial charge in [0.25, 0.3) is 17.7 Å². The predicted molar refractivity (Wildman–Crippen MR) is 180 cm³/mol. The van der Waals surface area contributed by atoms with E-state index in [1.807, 2.05) is 50.2 Å². The van der Waals surface area contributed by atoms with Crippen LogP contribution in [0.1, 0.15) is 58.2 Å². The number of piperidine rings is 1. The molecule has 3 aliphatic rings. The van der Waals surface area contributed by atoms with Gasteiger partial charge in [0.15, 0.2) is 6.61 Å². The summed E-state index contributed by atoms with van der Waals surface area (Å²) in [4.78, 5) is 56.9. The molecule has 0 saturated carbocycles. The van der Waals surface area contributed by atoms with Crippen LogP contribution in [0, 0.1) is 0 Å². The first-order valence-corrected chi connectivity index (χ1v) is 16.0. The number of methoxy groups -OCH3 is 1. The number of benzene rings is 3. The zero-order valence-electron chi connectivity index (χ0n) is 27.1. The molecule has 4 heterocycles. The number of pyridine rings is 1. The lowest BCUT2D eigenvalue weighted by Gasteiger charge is -2.39. The summed E-state index contributed by atoms with van der Waals surface area (Å²) in [7, 11) is 1.56. The topological polar surface area (TPSA) is 139 Å². The number of rotatable bonds is 3. The van der Waals surface area contributed by atoms with Gasteiger partial charge in [0, 0.05) is 48.9 Å². The van der Waals surface area contributed by atoms with Crippen molar-refractivity contribution in [2.45, 2.75) is 44.9 Å². The number of nitrogens with one attached hydrogen (secondary N) is 3. The van der Waals surface area contributed by atoms with Crippen molar-refractivity contribution in [1.29, 1.82) is 0 Å². The van der Waals surface area contributed by atoms with Crippen LogP contribution in [0.4, 0.5) is 0 Å². The Bertz CT molecular complexity index is 1890. The highest BCUT2D eigenvalue weighted by Crippen LogP contribution is 2.33. The van der Waals surface area contributed by atoms with Crippen molar-refractivity contribution in [2.75, 3.05) is 26.8 Å². The standard InChI is InChI=1S/C37H38N4O7/c1-22(2)35-28(12-14-33(42)40-35)37(45)41-16-15-32-30(20-41)39-36(44)25-9-13-31(46-3)29(18-25)24-5-4-6-27(17-24)47-21-34(43)38-19-23-7-10-26(48-32)11-8-23/h4-14,17-18,22,30,32H,15-16,19-21H2,1-3H3,(H,38,43)(H,39,44)(H,40,42)/t30-,32-/m1/s1. The number of hydrogen-bond acceptors (Lipinski definition) is 7. The molecule has 7 rings (SSSR count). The van der Waals surface area contributed by atoms with Crippen LogP contribution in [0.5, 0.6) is 17.2 Å². The molecule has 11 heteroatoms. The van der Waals surface area contributed by atoms with Gasteiger partial charge in [0.2, 0.25) is 5.56 Å². The molecule has 0 spiro atoms. The monoisotopic (exact) mass is 650 g/mol. The van der Waals surface area contributed by atoms with Gasteiger partial charge in [-0.2, -0.15) is 0 Å². The summed E-state index contributed by atoms with van der Waals surface area (Å²) >= 11 is 0. The number of nitrogens with zero attached hydrogens (tertiary/aromatic N) is 1. The van der Waals surface area contributed by atoms with E-state index in [9.17, 15) is 19.2 Å². The SMILES string of the molecule is COc1ccc2cc1-c1cccc(c1)OCC(=O)NCc1ccc(cc1)O[C@@H]1CCN(C(=O)c3ccc(=O)[nH]c3C(C)C)C[C@H]1NC2=O. The first kappa shape index (κ1) is 32.4. The van der Waals surface area contributed by atoms with Crippen LogP contribution < -0.4 is 30.4 Å². The number of aromatic amines is 1. The molecule has 3 aromatic carbocycles. The molecule has 0 radical (unpaired) electrons. The molecular weight excluding hydrogens is 612 g/mol. The van der Waals surface area contributed by atoms with Crippen LogP contribution in [0.2, 0.25) is 0 Å². The molecule has 4 aromatic rings. The van der Waals surface area contributed by atoms with Gasteiger partial charge in [-0.3, -0.25) is 19.2 Å². The summed E-state index contributed by atoms with van der Waals surface area (Å²) in [5.41, 5.74) is 3.41. The van der Waals surface area contributed by atoms with E-state index in [1.165, 1.54) is 6.07 Å². The smallest absolute Gasteiger partial charge is 0.258 e. The van der Waals surface area contributed by atoms with Gasteiger partial charge in [-0.15, -0.1) is 0 Å². The van der Waals surface area contributed by atoms with Gasteiger partial charge in [-0.05, 0) is 65.6 Å². The average Bonchev–Trinajstić information content (AvgIpc) is 3.10. The van der Waals surface area contributed by atoms with Crippen LogP contribution in [0.15, 0.2) is 83.7 Å².